The maximum Gasteiger partial charge on any atom is 0.138 e. The van der Waals surface area contributed by atoms with Crippen LogP contribution in [0.5, 0.6) is 0 Å². The lowest BCUT2D eigenvalue weighted by atomic mass is 9.96. The second kappa shape index (κ2) is 8.20. The zero-order valence-electron chi connectivity index (χ0n) is 14.6. The predicted molar refractivity (Wildman–Crippen MR) is 92.1 cm³/mol. The first-order chi connectivity index (χ1) is 9.90. The van der Waals surface area contributed by atoms with Crippen LogP contribution in [0.4, 0.5) is 11.6 Å². The van der Waals surface area contributed by atoms with Crippen LogP contribution in [0.3, 0.4) is 0 Å². The lowest BCUT2D eigenvalue weighted by Gasteiger charge is -2.20. The molecule has 0 unspecified atom stereocenters. The number of nitrogens with one attached hydrogen (secondary N) is 2. The molecule has 1 rings (SSSR count). The molecule has 0 aliphatic carbocycles. The lowest BCUT2D eigenvalue weighted by molar-refractivity contribution is 0.516. The van der Waals surface area contributed by atoms with Crippen molar-refractivity contribution in [1.82, 2.24) is 9.97 Å². The van der Waals surface area contributed by atoms with Gasteiger partial charge in [-0.15, -0.1) is 0 Å². The van der Waals surface area contributed by atoms with E-state index >= 15 is 0 Å². The first kappa shape index (κ1) is 17.7. The van der Waals surface area contributed by atoms with Gasteiger partial charge in [0.2, 0.25) is 0 Å². The Morgan fingerprint density at radius 2 is 1.57 bits per heavy atom. The van der Waals surface area contributed by atoms with Gasteiger partial charge in [-0.2, -0.15) is 0 Å². The van der Waals surface area contributed by atoms with E-state index in [0.717, 1.165) is 37.0 Å². The fourth-order valence-electron chi connectivity index (χ4n) is 2.04. The van der Waals surface area contributed by atoms with Crippen LogP contribution >= 0.6 is 0 Å². The maximum absolute atomic E-state index is 4.69. The molecule has 0 aliphatic rings. The first-order valence-corrected chi connectivity index (χ1v) is 8.27. The number of anilines is 2. The summed E-state index contributed by atoms with van der Waals surface area (Å²) in [5.41, 5.74) is -0.0464. The smallest absolute Gasteiger partial charge is 0.138 e. The van der Waals surface area contributed by atoms with Gasteiger partial charge in [0.05, 0.1) is 0 Å². The summed E-state index contributed by atoms with van der Waals surface area (Å²) >= 11 is 0. The summed E-state index contributed by atoms with van der Waals surface area (Å²) in [7, 11) is 0. The molecule has 0 atom stereocenters. The monoisotopic (exact) mass is 292 g/mol. The number of nitrogens with zero attached hydrogens (tertiary/aromatic N) is 2. The van der Waals surface area contributed by atoms with Crippen molar-refractivity contribution in [3.05, 3.63) is 11.9 Å². The molecule has 0 bridgehead atoms. The van der Waals surface area contributed by atoms with Crippen molar-refractivity contribution in [3.8, 4) is 0 Å². The fourth-order valence-corrected chi connectivity index (χ4v) is 2.04. The summed E-state index contributed by atoms with van der Waals surface area (Å²) in [6.45, 7) is 15.0. The van der Waals surface area contributed by atoms with E-state index in [2.05, 4.69) is 57.2 Å². The van der Waals surface area contributed by atoms with Crippen molar-refractivity contribution in [2.24, 2.45) is 5.92 Å². The molecule has 4 nitrogen and oxygen atoms in total. The van der Waals surface area contributed by atoms with Crippen LogP contribution in [0.15, 0.2) is 6.07 Å². The topological polar surface area (TPSA) is 49.8 Å². The molecule has 1 aromatic heterocycles. The van der Waals surface area contributed by atoms with E-state index in [1.54, 1.807) is 0 Å². The molecule has 1 aromatic rings. The van der Waals surface area contributed by atoms with E-state index in [1.165, 1.54) is 12.8 Å². The largest absolute Gasteiger partial charge is 0.370 e. The molecule has 0 fully saturated rings. The molecule has 0 spiro atoms. The van der Waals surface area contributed by atoms with Gasteiger partial charge in [0.25, 0.3) is 0 Å². The second-order valence-corrected chi connectivity index (χ2v) is 6.70. The average molecular weight is 292 g/mol. The Kier molecular flexibility index (Phi) is 6.93. The minimum absolute atomic E-state index is 0.0464. The highest BCUT2D eigenvalue weighted by Gasteiger charge is 2.19. The second-order valence-electron chi connectivity index (χ2n) is 6.70. The molecule has 0 saturated heterocycles. The molecule has 1 heterocycles. The quantitative estimate of drug-likeness (QED) is 0.743. The Balaban J connectivity index is 2.90. The number of rotatable bonds is 8. The Hall–Kier alpha value is -1.32. The summed E-state index contributed by atoms with van der Waals surface area (Å²) < 4.78 is 0. The van der Waals surface area contributed by atoms with Gasteiger partial charge in [0.15, 0.2) is 0 Å². The van der Waals surface area contributed by atoms with Crippen molar-refractivity contribution >= 4 is 11.6 Å². The van der Waals surface area contributed by atoms with Crippen LogP contribution < -0.4 is 10.6 Å². The predicted octanol–water partition coefficient (Wildman–Crippen LogP) is 4.44. The molecular formula is C17H32N4. The van der Waals surface area contributed by atoms with Gasteiger partial charge in [-0.05, 0) is 12.3 Å². The van der Waals surface area contributed by atoms with E-state index in [4.69, 9.17) is 4.98 Å². The standard InChI is InChI=1S/C17H32N4/c1-7-10-18-14-11-15(19-12-13(8-2)9-3)21-16(20-14)17(4,5)6/h11,13H,7-10,12H2,1-6H3,(H2,18,19,20,21). The van der Waals surface area contributed by atoms with E-state index < -0.39 is 0 Å². The average Bonchev–Trinajstić information content (AvgIpc) is 2.45. The normalized spacial score (nSPS) is 11.8. The van der Waals surface area contributed by atoms with Crippen LogP contribution in [-0.2, 0) is 5.41 Å². The van der Waals surface area contributed by atoms with E-state index in [9.17, 15) is 0 Å². The van der Waals surface area contributed by atoms with Gasteiger partial charge in [0.1, 0.15) is 17.5 Å². The Labute approximate surface area is 130 Å². The third kappa shape index (κ3) is 5.90. The van der Waals surface area contributed by atoms with E-state index in [-0.39, 0.29) is 5.41 Å². The van der Waals surface area contributed by atoms with E-state index in [1.807, 2.05) is 6.07 Å². The molecule has 0 amide bonds. The molecule has 0 radical (unpaired) electrons. The van der Waals surface area contributed by atoms with Gasteiger partial charge in [0, 0.05) is 24.6 Å². The number of hydrogen-bond donors (Lipinski definition) is 2. The van der Waals surface area contributed by atoms with E-state index in [0.29, 0.717) is 5.92 Å². The molecular weight excluding hydrogens is 260 g/mol. The van der Waals surface area contributed by atoms with Gasteiger partial charge < -0.3 is 10.6 Å². The highest BCUT2D eigenvalue weighted by molar-refractivity contribution is 5.48. The fraction of sp³-hybridized carbons (Fsp3) is 0.765. The van der Waals surface area contributed by atoms with Crippen molar-refractivity contribution < 1.29 is 0 Å². The molecule has 21 heavy (non-hydrogen) atoms. The van der Waals surface area contributed by atoms with Crippen LogP contribution in [0.25, 0.3) is 0 Å². The van der Waals surface area contributed by atoms with Crippen molar-refractivity contribution in [1.29, 1.82) is 0 Å². The zero-order valence-corrected chi connectivity index (χ0v) is 14.6. The number of hydrogen-bond acceptors (Lipinski definition) is 4. The van der Waals surface area contributed by atoms with Gasteiger partial charge in [-0.3, -0.25) is 0 Å². The van der Waals surface area contributed by atoms with Crippen LogP contribution in [0, 0.1) is 5.92 Å². The van der Waals surface area contributed by atoms with Gasteiger partial charge in [-0.25, -0.2) is 9.97 Å². The van der Waals surface area contributed by atoms with Crippen LogP contribution in [-0.4, -0.2) is 23.1 Å². The Morgan fingerprint density at radius 1 is 1.00 bits per heavy atom. The minimum atomic E-state index is -0.0464. The minimum Gasteiger partial charge on any atom is -0.370 e. The lowest BCUT2D eigenvalue weighted by Crippen LogP contribution is -2.20. The summed E-state index contributed by atoms with van der Waals surface area (Å²) in [6.07, 6.45) is 3.48. The molecule has 0 aromatic carbocycles. The third-order valence-electron chi connectivity index (χ3n) is 3.68. The maximum atomic E-state index is 4.69. The first-order valence-electron chi connectivity index (χ1n) is 8.27. The molecule has 4 heteroatoms. The van der Waals surface area contributed by atoms with Gasteiger partial charge in [-0.1, -0.05) is 54.4 Å². The SMILES string of the molecule is CCCNc1cc(NCC(CC)CC)nc(C(C)(C)C)n1. The zero-order chi connectivity index (χ0) is 15.9. The summed E-state index contributed by atoms with van der Waals surface area (Å²) in [6, 6.07) is 2.02. The summed E-state index contributed by atoms with van der Waals surface area (Å²) in [5, 5.41) is 6.86. The Morgan fingerprint density at radius 3 is 2.05 bits per heavy atom. The van der Waals surface area contributed by atoms with Crippen molar-refractivity contribution in [3.63, 3.8) is 0 Å². The number of aromatic nitrogens is 2. The third-order valence-corrected chi connectivity index (χ3v) is 3.68. The van der Waals surface area contributed by atoms with Crippen molar-refractivity contribution in [2.45, 2.75) is 66.2 Å². The molecule has 0 aliphatic heterocycles. The molecule has 120 valence electrons. The van der Waals surface area contributed by atoms with Crippen LogP contribution in [0.2, 0.25) is 0 Å². The van der Waals surface area contributed by atoms with Gasteiger partial charge >= 0.3 is 0 Å². The highest BCUT2D eigenvalue weighted by Crippen LogP contribution is 2.22. The van der Waals surface area contributed by atoms with Crippen LogP contribution in [0.1, 0.15) is 66.6 Å². The summed E-state index contributed by atoms with van der Waals surface area (Å²) in [5.74, 6) is 3.44. The summed E-state index contributed by atoms with van der Waals surface area (Å²) in [4.78, 5) is 9.34. The Bertz CT molecular complexity index is 419. The van der Waals surface area contributed by atoms with Crippen molar-refractivity contribution in [2.75, 3.05) is 23.7 Å². The molecule has 0 saturated carbocycles. The highest BCUT2D eigenvalue weighted by atomic mass is 15.1. The molecule has 2 N–H and O–H groups in total.